The number of carbonyl (C=O) groups is 2. The Hall–Kier alpha value is -1.06. The number of hydrogen-bond acceptors (Lipinski definition) is 3. The lowest BCUT2D eigenvalue weighted by atomic mass is 9.94. The maximum atomic E-state index is 11.3. The summed E-state index contributed by atoms with van der Waals surface area (Å²) in [6.45, 7) is 4.00. The average molecular weight is 215 g/mol. The smallest absolute Gasteiger partial charge is 0.404 e. The molecule has 0 unspecified atom stereocenters. The monoisotopic (exact) mass is 215 g/mol. The molecule has 4 heteroatoms. The molecule has 4 nitrogen and oxygen atoms in total. The quantitative estimate of drug-likeness (QED) is 0.767. The lowest BCUT2D eigenvalue weighted by molar-refractivity contribution is -0.125. The van der Waals surface area contributed by atoms with Crippen molar-refractivity contribution in [2.45, 2.75) is 39.5 Å². The minimum Gasteiger partial charge on any atom is -0.453 e. The normalized spacial score (nSPS) is 15.7. The molecular formula is C11H21NO3. The van der Waals surface area contributed by atoms with Gasteiger partial charge in [0.25, 0.3) is 0 Å². The van der Waals surface area contributed by atoms with Crippen LogP contribution in [0.3, 0.4) is 0 Å². The molecular weight excluding hydrogens is 194 g/mol. The van der Waals surface area contributed by atoms with Crippen molar-refractivity contribution < 1.29 is 14.3 Å². The van der Waals surface area contributed by atoms with Crippen molar-refractivity contribution in [3.8, 4) is 0 Å². The summed E-state index contributed by atoms with van der Waals surface area (Å²) in [7, 11) is 1.22. The number of ketones is 1. The van der Waals surface area contributed by atoms with Crippen molar-refractivity contribution in [3.63, 3.8) is 0 Å². The molecule has 0 spiro atoms. The van der Waals surface area contributed by atoms with Crippen LogP contribution in [0.4, 0.5) is 4.79 Å². The Morgan fingerprint density at radius 3 is 1.93 bits per heavy atom. The van der Waals surface area contributed by atoms with E-state index in [4.69, 9.17) is 0 Å². The Morgan fingerprint density at radius 1 is 1.27 bits per heavy atom. The van der Waals surface area contributed by atoms with Crippen LogP contribution in [-0.4, -0.2) is 19.0 Å². The molecule has 1 aliphatic rings. The second kappa shape index (κ2) is 7.26. The molecule has 0 bridgehead atoms. The second-order valence-electron chi connectivity index (χ2n) is 4.06. The molecule has 0 aromatic carbocycles. The van der Waals surface area contributed by atoms with E-state index in [1.54, 1.807) is 0 Å². The van der Waals surface area contributed by atoms with Gasteiger partial charge in [-0.2, -0.15) is 0 Å². The molecule has 0 aliphatic heterocycles. The molecule has 0 aromatic rings. The van der Waals surface area contributed by atoms with Gasteiger partial charge in [0.15, 0.2) is 0 Å². The van der Waals surface area contributed by atoms with Crippen molar-refractivity contribution >= 4 is 11.9 Å². The average Bonchev–Trinajstić information content (AvgIpc) is 2.70. The molecule has 0 radical (unpaired) electrons. The number of primary amides is 1. The molecule has 0 aromatic heterocycles. The molecule has 1 amide bonds. The Bertz CT molecular complexity index is 208. The van der Waals surface area contributed by atoms with Gasteiger partial charge < -0.3 is 10.5 Å². The summed E-state index contributed by atoms with van der Waals surface area (Å²) in [5.74, 6) is 1.15. The van der Waals surface area contributed by atoms with Crippen LogP contribution in [0.5, 0.6) is 0 Å². The summed E-state index contributed by atoms with van der Waals surface area (Å²) in [6, 6.07) is 0. The highest BCUT2D eigenvalue weighted by atomic mass is 16.5. The highest BCUT2D eigenvalue weighted by Gasteiger charge is 2.23. The fraction of sp³-hybridized carbons (Fsp3) is 0.818. The minimum absolute atomic E-state index is 0.253. The fourth-order valence-electron chi connectivity index (χ4n) is 1.68. The van der Waals surface area contributed by atoms with Crippen molar-refractivity contribution in [3.05, 3.63) is 0 Å². The van der Waals surface area contributed by atoms with Gasteiger partial charge in [0.2, 0.25) is 0 Å². The van der Waals surface area contributed by atoms with E-state index in [1.165, 1.54) is 20.0 Å². The van der Waals surface area contributed by atoms with Gasteiger partial charge in [-0.1, -0.05) is 26.7 Å². The topological polar surface area (TPSA) is 69.4 Å². The zero-order chi connectivity index (χ0) is 11.8. The first kappa shape index (κ1) is 13.9. The van der Waals surface area contributed by atoms with Gasteiger partial charge in [-0.25, -0.2) is 4.79 Å². The zero-order valence-corrected chi connectivity index (χ0v) is 9.79. The summed E-state index contributed by atoms with van der Waals surface area (Å²) in [5.41, 5.74) is 4.43. The van der Waals surface area contributed by atoms with Gasteiger partial charge in [-0.05, 0) is 12.8 Å². The Morgan fingerprint density at radius 2 is 1.67 bits per heavy atom. The molecule has 0 saturated heterocycles. The molecule has 88 valence electrons. The summed E-state index contributed by atoms with van der Waals surface area (Å²) in [6.07, 6.45) is 4.09. The summed E-state index contributed by atoms with van der Waals surface area (Å²) in [4.78, 5) is 20.7. The van der Waals surface area contributed by atoms with E-state index >= 15 is 0 Å². The van der Waals surface area contributed by atoms with Crippen LogP contribution in [0.2, 0.25) is 0 Å². The van der Waals surface area contributed by atoms with Crippen LogP contribution in [-0.2, 0) is 9.53 Å². The summed E-state index contributed by atoms with van der Waals surface area (Å²) >= 11 is 0. The summed E-state index contributed by atoms with van der Waals surface area (Å²) in [5, 5.41) is 0. The van der Waals surface area contributed by atoms with Gasteiger partial charge in [0, 0.05) is 11.8 Å². The maximum Gasteiger partial charge on any atom is 0.404 e. The van der Waals surface area contributed by atoms with Crippen molar-refractivity contribution in [1.29, 1.82) is 0 Å². The fourth-order valence-corrected chi connectivity index (χ4v) is 1.68. The molecule has 0 atom stereocenters. The van der Waals surface area contributed by atoms with Gasteiger partial charge in [-0.15, -0.1) is 0 Å². The van der Waals surface area contributed by atoms with Crippen LogP contribution in [0.25, 0.3) is 0 Å². The van der Waals surface area contributed by atoms with Crippen LogP contribution in [0.1, 0.15) is 39.5 Å². The number of ether oxygens (including phenoxy) is 1. The van der Waals surface area contributed by atoms with E-state index in [1.807, 2.05) is 13.8 Å². The number of amides is 1. The lowest BCUT2D eigenvalue weighted by Crippen LogP contribution is -2.16. The standard InChI is InChI=1S/C9H16O.C2H5NO2/c1-7(2)9(10)8-5-3-4-6-8;1-5-2(3)4/h7-8H,3-6H2,1-2H3;1H3,(H2,3,4). The first-order valence-corrected chi connectivity index (χ1v) is 5.36. The van der Waals surface area contributed by atoms with Crippen LogP contribution in [0, 0.1) is 11.8 Å². The van der Waals surface area contributed by atoms with Crippen LogP contribution >= 0.6 is 0 Å². The van der Waals surface area contributed by atoms with E-state index in [2.05, 4.69) is 10.5 Å². The van der Waals surface area contributed by atoms with Gasteiger partial charge in [0.1, 0.15) is 5.78 Å². The molecule has 0 heterocycles. The molecule has 1 rings (SSSR count). The van der Waals surface area contributed by atoms with Crippen molar-refractivity contribution in [2.75, 3.05) is 7.11 Å². The summed E-state index contributed by atoms with van der Waals surface area (Å²) < 4.78 is 3.89. The zero-order valence-electron chi connectivity index (χ0n) is 9.79. The third-order valence-electron chi connectivity index (χ3n) is 2.53. The Labute approximate surface area is 91.2 Å². The lowest BCUT2D eigenvalue weighted by Gasteiger charge is -2.09. The van der Waals surface area contributed by atoms with E-state index in [0.717, 1.165) is 12.8 Å². The third-order valence-corrected chi connectivity index (χ3v) is 2.53. The van der Waals surface area contributed by atoms with E-state index < -0.39 is 6.09 Å². The van der Waals surface area contributed by atoms with Crippen molar-refractivity contribution in [1.82, 2.24) is 0 Å². The predicted octanol–water partition coefficient (Wildman–Crippen LogP) is 2.11. The molecule has 1 aliphatic carbocycles. The molecule has 15 heavy (non-hydrogen) atoms. The SMILES string of the molecule is CC(C)C(=O)C1CCCC1.COC(N)=O. The number of nitrogens with two attached hydrogens (primary N) is 1. The largest absolute Gasteiger partial charge is 0.453 e. The number of Topliss-reactive ketones (excluding diaryl/α,β-unsaturated/α-hetero) is 1. The Balaban J connectivity index is 0.000000336. The van der Waals surface area contributed by atoms with Gasteiger partial charge in [-0.3, -0.25) is 4.79 Å². The Kier molecular flexibility index (Phi) is 6.75. The number of hydrogen-bond donors (Lipinski definition) is 1. The molecule has 1 saturated carbocycles. The second-order valence-corrected chi connectivity index (χ2v) is 4.06. The van der Waals surface area contributed by atoms with Gasteiger partial charge in [0.05, 0.1) is 7.11 Å². The predicted molar refractivity (Wildman–Crippen MR) is 58.4 cm³/mol. The molecule has 1 fully saturated rings. The highest BCUT2D eigenvalue weighted by molar-refractivity contribution is 5.82. The van der Waals surface area contributed by atoms with E-state index in [-0.39, 0.29) is 5.92 Å². The number of rotatable bonds is 2. The highest BCUT2D eigenvalue weighted by Crippen LogP contribution is 2.27. The van der Waals surface area contributed by atoms with Crippen LogP contribution < -0.4 is 5.73 Å². The first-order chi connectivity index (χ1) is 6.99. The van der Waals surface area contributed by atoms with Crippen LogP contribution in [0.15, 0.2) is 0 Å². The third kappa shape index (κ3) is 6.10. The maximum absolute atomic E-state index is 11.3. The van der Waals surface area contributed by atoms with Gasteiger partial charge >= 0.3 is 6.09 Å². The molecule has 2 N–H and O–H groups in total. The van der Waals surface area contributed by atoms with E-state index in [0.29, 0.717) is 11.7 Å². The number of methoxy groups -OCH3 is 1. The number of carbonyl (C=O) groups excluding carboxylic acids is 2. The first-order valence-electron chi connectivity index (χ1n) is 5.36. The van der Waals surface area contributed by atoms with E-state index in [9.17, 15) is 9.59 Å². The minimum atomic E-state index is -0.745. The van der Waals surface area contributed by atoms with Crippen molar-refractivity contribution in [2.24, 2.45) is 17.6 Å².